The topological polar surface area (TPSA) is 76.1 Å². The van der Waals surface area contributed by atoms with E-state index in [-0.39, 0.29) is 5.91 Å². The Morgan fingerprint density at radius 2 is 1.88 bits per heavy atom. The SMILES string of the molecule is CN=C(NCCc1cccc(C(=O)N(C)C)c1)NCc1ccnc(N2CCN(C)CC2)c1. The summed E-state index contributed by atoms with van der Waals surface area (Å²) in [5.74, 6) is 1.81. The minimum absolute atomic E-state index is 0.0191. The first-order valence-electron chi connectivity index (χ1n) is 11.1. The number of carbonyl (C=O) groups excluding carboxylic acids is 1. The van der Waals surface area contributed by atoms with Crippen LogP contribution in [0.25, 0.3) is 0 Å². The fourth-order valence-corrected chi connectivity index (χ4v) is 3.63. The largest absolute Gasteiger partial charge is 0.356 e. The molecule has 1 fully saturated rings. The van der Waals surface area contributed by atoms with Crippen LogP contribution in [-0.2, 0) is 13.0 Å². The van der Waals surface area contributed by atoms with Gasteiger partial charge in [-0.25, -0.2) is 4.98 Å². The molecule has 1 aromatic heterocycles. The van der Waals surface area contributed by atoms with Crippen molar-refractivity contribution in [1.29, 1.82) is 0 Å². The number of pyridine rings is 1. The number of nitrogens with zero attached hydrogens (tertiary/aromatic N) is 5. The van der Waals surface area contributed by atoms with E-state index in [4.69, 9.17) is 0 Å². The lowest BCUT2D eigenvalue weighted by atomic mass is 10.1. The minimum Gasteiger partial charge on any atom is -0.356 e. The number of amides is 1. The van der Waals surface area contributed by atoms with Gasteiger partial charge in [-0.1, -0.05) is 12.1 Å². The fraction of sp³-hybridized carbons (Fsp3) is 0.458. The normalized spacial score (nSPS) is 14.9. The number of rotatable bonds is 7. The molecule has 2 N–H and O–H groups in total. The van der Waals surface area contributed by atoms with Gasteiger partial charge in [-0.15, -0.1) is 0 Å². The van der Waals surface area contributed by atoms with E-state index < -0.39 is 0 Å². The van der Waals surface area contributed by atoms with Gasteiger partial charge in [0.2, 0.25) is 0 Å². The molecule has 1 aromatic carbocycles. The van der Waals surface area contributed by atoms with Gasteiger partial charge in [0.25, 0.3) is 5.91 Å². The van der Waals surface area contributed by atoms with Crippen molar-refractivity contribution >= 4 is 17.7 Å². The third-order valence-corrected chi connectivity index (χ3v) is 5.61. The predicted octanol–water partition coefficient (Wildman–Crippen LogP) is 1.44. The lowest BCUT2D eigenvalue weighted by Gasteiger charge is -2.33. The summed E-state index contributed by atoms with van der Waals surface area (Å²) in [6, 6.07) is 12.0. The molecular formula is C24H35N7O. The van der Waals surface area contributed by atoms with Crippen LogP contribution in [0.2, 0.25) is 0 Å². The molecule has 0 atom stereocenters. The van der Waals surface area contributed by atoms with E-state index in [2.05, 4.69) is 43.5 Å². The van der Waals surface area contributed by atoms with Crippen molar-refractivity contribution in [3.8, 4) is 0 Å². The number of anilines is 1. The van der Waals surface area contributed by atoms with E-state index in [1.165, 1.54) is 5.56 Å². The average molecular weight is 438 g/mol. The number of carbonyl (C=O) groups is 1. The summed E-state index contributed by atoms with van der Waals surface area (Å²) in [5.41, 5.74) is 3.00. The molecule has 172 valence electrons. The number of hydrogen-bond donors (Lipinski definition) is 2. The van der Waals surface area contributed by atoms with Gasteiger partial charge in [0, 0.05) is 72.2 Å². The van der Waals surface area contributed by atoms with Gasteiger partial charge in [0.05, 0.1) is 0 Å². The van der Waals surface area contributed by atoms with Gasteiger partial charge in [-0.2, -0.15) is 0 Å². The molecule has 32 heavy (non-hydrogen) atoms. The zero-order valence-corrected chi connectivity index (χ0v) is 19.6. The van der Waals surface area contributed by atoms with E-state index in [9.17, 15) is 4.79 Å². The van der Waals surface area contributed by atoms with Gasteiger partial charge >= 0.3 is 0 Å². The highest BCUT2D eigenvalue weighted by molar-refractivity contribution is 5.94. The van der Waals surface area contributed by atoms with Gasteiger partial charge in [-0.05, 0) is 48.9 Å². The summed E-state index contributed by atoms with van der Waals surface area (Å²) in [6.45, 7) is 5.54. The summed E-state index contributed by atoms with van der Waals surface area (Å²) < 4.78 is 0. The fourth-order valence-electron chi connectivity index (χ4n) is 3.63. The summed E-state index contributed by atoms with van der Waals surface area (Å²) in [7, 11) is 7.46. The molecule has 0 aliphatic carbocycles. The quantitative estimate of drug-likeness (QED) is 0.504. The van der Waals surface area contributed by atoms with Crippen molar-refractivity contribution in [3.05, 3.63) is 59.3 Å². The number of piperazine rings is 1. The van der Waals surface area contributed by atoms with Crippen LogP contribution in [0.1, 0.15) is 21.5 Å². The number of hydrogen-bond acceptors (Lipinski definition) is 5. The van der Waals surface area contributed by atoms with Crippen LogP contribution in [0.3, 0.4) is 0 Å². The Kier molecular flexibility index (Phi) is 8.44. The van der Waals surface area contributed by atoms with E-state index in [0.717, 1.165) is 56.5 Å². The number of likely N-dealkylation sites (N-methyl/N-ethyl adjacent to an activating group) is 1. The first-order valence-corrected chi connectivity index (χ1v) is 11.1. The molecule has 0 unspecified atom stereocenters. The number of benzene rings is 1. The molecule has 2 aromatic rings. The second-order valence-electron chi connectivity index (χ2n) is 8.32. The Bertz CT molecular complexity index is 920. The summed E-state index contributed by atoms with van der Waals surface area (Å²) in [5, 5.41) is 6.73. The molecule has 2 heterocycles. The van der Waals surface area contributed by atoms with Crippen LogP contribution in [0.15, 0.2) is 47.6 Å². The highest BCUT2D eigenvalue weighted by Crippen LogP contribution is 2.14. The standard InChI is InChI=1S/C24H35N7O/c1-25-24(27-11-8-19-6-5-7-21(16-19)23(32)29(2)3)28-18-20-9-10-26-22(17-20)31-14-12-30(4)13-15-31/h5-7,9-10,16-17H,8,11-15,18H2,1-4H3,(H2,25,27,28). The molecule has 1 saturated heterocycles. The second kappa shape index (κ2) is 11.5. The van der Waals surface area contributed by atoms with E-state index in [1.807, 2.05) is 36.5 Å². The number of aliphatic imine (C=N–C) groups is 1. The highest BCUT2D eigenvalue weighted by Gasteiger charge is 2.15. The third kappa shape index (κ3) is 6.68. The Morgan fingerprint density at radius 3 is 2.59 bits per heavy atom. The van der Waals surface area contributed by atoms with E-state index in [1.54, 1.807) is 26.0 Å². The summed E-state index contributed by atoms with van der Waals surface area (Å²) in [6.07, 6.45) is 2.68. The van der Waals surface area contributed by atoms with Crippen molar-refractivity contribution in [1.82, 2.24) is 25.4 Å². The molecule has 0 radical (unpaired) electrons. The first-order chi connectivity index (χ1) is 15.5. The Labute approximate surface area is 191 Å². The molecule has 0 spiro atoms. The smallest absolute Gasteiger partial charge is 0.253 e. The molecule has 1 amide bonds. The van der Waals surface area contributed by atoms with Crippen LogP contribution in [0.4, 0.5) is 5.82 Å². The summed E-state index contributed by atoms with van der Waals surface area (Å²) in [4.78, 5) is 27.3. The van der Waals surface area contributed by atoms with Gasteiger partial charge in [-0.3, -0.25) is 9.79 Å². The second-order valence-corrected chi connectivity index (χ2v) is 8.32. The molecule has 0 saturated carbocycles. The van der Waals surface area contributed by atoms with Crippen LogP contribution in [0.5, 0.6) is 0 Å². The van der Waals surface area contributed by atoms with Crippen molar-refractivity contribution in [2.45, 2.75) is 13.0 Å². The zero-order valence-electron chi connectivity index (χ0n) is 19.6. The van der Waals surface area contributed by atoms with Crippen LogP contribution in [0, 0.1) is 0 Å². The number of guanidine groups is 1. The Morgan fingerprint density at radius 1 is 1.09 bits per heavy atom. The lowest BCUT2D eigenvalue weighted by Crippen LogP contribution is -2.44. The minimum atomic E-state index is 0.0191. The van der Waals surface area contributed by atoms with Gasteiger partial charge < -0.3 is 25.3 Å². The zero-order chi connectivity index (χ0) is 22.9. The molecule has 1 aliphatic heterocycles. The molecule has 3 rings (SSSR count). The molecule has 0 bridgehead atoms. The first kappa shape index (κ1) is 23.5. The maximum atomic E-state index is 12.2. The molecular weight excluding hydrogens is 402 g/mol. The van der Waals surface area contributed by atoms with Crippen molar-refractivity contribution in [2.24, 2.45) is 4.99 Å². The molecule has 1 aliphatic rings. The Hall–Kier alpha value is -3.13. The van der Waals surface area contributed by atoms with Crippen LogP contribution < -0.4 is 15.5 Å². The molecule has 8 nitrogen and oxygen atoms in total. The average Bonchev–Trinajstić information content (AvgIpc) is 2.81. The predicted molar refractivity (Wildman–Crippen MR) is 130 cm³/mol. The Balaban J connectivity index is 1.48. The number of nitrogens with one attached hydrogen (secondary N) is 2. The highest BCUT2D eigenvalue weighted by atomic mass is 16.2. The summed E-state index contributed by atoms with van der Waals surface area (Å²) >= 11 is 0. The van der Waals surface area contributed by atoms with Gasteiger partial charge in [0.1, 0.15) is 5.82 Å². The van der Waals surface area contributed by atoms with E-state index >= 15 is 0 Å². The van der Waals surface area contributed by atoms with Crippen LogP contribution >= 0.6 is 0 Å². The van der Waals surface area contributed by atoms with Crippen LogP contribution in [-0.4, -0.2) is 87.6 Å². The van der Waals surface area contributed by atoms with Crippen molar-refractivity contribution in [3.63, 3.8) is 0 Å². The maximum absolute atomic E-state index is 12.2. The molecule has 8 heteroatoms. The van der Waals surface area contributed by atoms with Crippen molar-refractivity contribution in [2.75, 3.05) is 65.8 Å². The van der Waals surface area contributed by atoms with E-state index in [0.29, 0.717) is 12.1 Å². The number of aromatic nitrogens is 1. The monoisotopic (exact) mass is 437 g/mol. The third-order valence-electron chi connectivity index (χ3n) is 5.61. The maximum Gasteiger partial charge on any atom is 0.253 e. The lowest BCUT2D eigenvalue weighted by molar-refractivity contribution is 0.0827. The van der Waals surface area contributed by atoms with Gasteiger partial charge in [0.15, 0.2) is 5.96 Å². The van der Waals surface area contributed by atoms with Crippen molar-refractivity contribution < 1.29 is 4.79 Å².